The topological polar surface area (TPSA) is 62.6 Å². The number of thioether (sulfide) groups is 1. The van der Waals surface area contributed by atoms with Gasteiger partial charge in [0.25, 0.3) is 11.8 Å². The summed E-state index contributed by atoms with van der Waals surface area (Å²) >= 11 is 1.86. The molecule has 0 saturated carbocycles. The van der Waals surface area contributed by atoms with Crippen LogP contribution in [-0.2, 0) is 5.75 Å². The molecule has 0 spiro atoms. The van der Waals surface area contributed by atoms with Crippen LogP contribution in [0.1, 0.15) is 70.4 Å². The van der Waals surface area contributed by atoms with E-state index >= 15 is 0 Å². The van der Waals surface area contributed by atoms with Gasteiger partial charge in [0, 0.05) is 35.7 Å². The van der Waals surface area contributed by atoms with Gasteiger partial charge in [0.1, 0.15) is 5.76 Å². The van der Waals surface area contributed by atoms with Crippen molar-refractivity contribution in [1.82, 2.24) is 4.90 Å². The molecule has 2 aromatic rings. The Morgan fingerprint density at radius 1 is 1.17 bits per heavy atom. The van der Waals surface area contributed by atoms with Gasteiger partial charge in [-0.3, -0.25) is 9.59 Å². The maximum absolute atomic E-state index is 12.6. The fourth-order valence-corrected chi connectivity index (χ4v) is 4.57. The Bertz CT molecular complexity index is 869. The summed E-state index contributed by atoms with van der Waals surface area (Å²) in [4.78, 5) is 27.1. The van der Waals surface area contributed by atoms with Crippen LogP contribution in [-0.4, -0.2) is 35.6 Å². The first-order chi connectivity index (χ1) is 14.0. The number of anilines is 1. The van der Waals surface area contributed by atoms with Gasteiger partial charge in [0.15, 0.2) is 5.76 Å². The van der Waals surface area contributed by atoms with E-state index in [4.69, 9.17) is 4.42 Å². The summed E-state index contributed by atoms with van der Waals surface area (Å²) in [5.74, 6) is 2.89. The summed E-state index contributed by atoms with van der Waals surface area (Å²) < 4.78 is 5.69. The van der Waals surface area contributed by atoms with Crippen molar-refractivity contribution in [3.63, 3.8) is 0 Å². The van der Waals surface area contributed by atoms with Crippen molar-refractivity contribution in [2.45, 2.75) is 52.2 Å². The van der Waals surface area contributed by atoms with Gasteiger partial charge in [0.05, 0.1) is 0 Å². The number of unbranched alkanes of at least 4 members (excludes halogenated alkanes) is 1. The Labute approximate surface area is 177 Å². The fourth-order valence-electron chi connectivity index (χ4n) is 3.43. The van der Waals surface area contributed by atoms with E-state index in [-0.39, 0.29) is 11.8 Å². The number of carbonyl (C=O) groups excluding carboxylic acids is 2. The number of carbonyl (C=O) groups is 2. The summed E-state index contributed by atoms with van der Waals surface area (Å²) in [5, 5.41) is 2.91. The molecular weight excluding hydrogens is 384 g/mol. The maximum atomic E-state index is 12.6. The number of furan rings is 1. The minimum absolute atomic E-state index is 0.0651. The maximum Gasteiger partial charge on any atom is 0.291 e. The molecular formula is C23H30N2O3S. The highest BCUT2D eigenvalue weighted by molar-refractivity contribution is 7.98. The van der Waals surface area contributed by atoms with Gasteiger partial charge in [-0.1, -0.05) is 13.3 Å². The number of hydrogen-bond acceptors (Lipinski definition) is 4. The molecule has 2 heterocycles. The van der Waals surface area contributed by atoms with Crippen molar-refractivity contribution >= 4 is 29.3 Å². The molecule has 1 N–H and O–H groups in total. The molecule has 0 atom stereocenters. The lowest BCUT2D eigenvalue weighted by Gasteiger charge is -2.16. The lowest BCUT2D eigenvalue weighted by atomic mass is 10.1. The molecule has 1 aromatic carbocycles. The second kappa shape index (κ2) is 10.0. The molecule has 0 aliphatic carbocycles. The molecule has 0 unspecified atom stereocenters. The van der Waals surface area contributed by atoms with Crippen LogP contribution in [0.5, 0.6) is 0 Å². The van der Waals surface area contributed by atoms with Gasteiger partial charge in [-0.05, 0) is 68.7 Å². The number of amides is 2. The third-order valence-corrected chi connectivity index (χ3v) is 6.35. The second-order valence-corrected chi connectivity index (χ2v) is 8.69. The summed E-state index contributed by atoms with van der Waals surface area (Å²) in [7, 11) is 0. The fraction of sp³-hybridized carbons (Fsp3) is 0.478. The van der Waals surface area contributed by atoms with Crippen molar-refractivity contribution in [1.29, 1.82) is 0 Å². The van der Waals surface area contributed by atoms with Crippen LogP contribution in [0.2, 0.25) is 0 Å². The second-order valence-electron chi connectivity index (χ2n) is 7.58. The summed E-state index contributed by atoms with van der Waals surface area (Å²) in [6.07, 6.45) is 4.53. The third kappa shape index (κ3) is 5.44. The Morgan fingerprint density at radius 2 is 1.93 bits per heavy atom. The molecule has 5 nitrogen and oxygen atoms in total. The smallest absolute Gasteiger partial charge is 0.291 e. The van der Waals surface area contributed by atoms with Gasteiger partial charge in [-0.15, -0.1) is 0 Å². The van der Waals surface area contributed by atoms with E-state index in [0.29, 0.717) is 17.0 Å². The average Bonchev–Trinajstić information content (AvgIpc) is 3.36. The first-order valence-corrected chi connectivity index (χ1v) is 11.5. The van der Waals surface area contributed by atoms with Gasteiger partial charge in [0.2, 0.25) is 0 Å². The zero-order chi connectivity index (χ0) is 20.8. The number of nitrogens with one attached hydrogen (secondary N) is 1. The van der Waals surface area contributed by atoms with Crippen LogP contribution in [0.3, 0.4) is 0 Å². The van der Waals surface area contributed by atoms with E-state index in [1.54, 1.807) is 12.1 Å². The molecule has 1 saturated heterocycles. The minimum atomic E-state index is -0.264. The first kappa shape index (κ1) is 21.5. The van der Waals surface area contributed by atoms with Crippen molar-refractivity contribution in [3.05, 3.63) is 52.5 Å². The van der Waals surface area contributed by atoms with E-state index in [1.165, 1.54) is 12.8 Å². The van der Waals surface area contributed by atoms with E-state index < -0.39 is 0 Å². The van der Waals surface area contributed by atoms with Crippen LogP contribution >= 0.6 is 11.8 Å². The molecule has 1 fully saturated rings. The predicted octanol–water partition coefficient (Wildman–Crippen LogP) is 5.42. The summed E-state index contributed by atoms with van der Waals surface area (Å²) in [5.41, 5.74) is 3.30. The third-order valence-electron chi connectivity index (χ3n) is 5.26. The standard InChI is InChI=1S/C23H30N2O3S/c1-4-5-12-29-15-19-14-21(28-17(19)3)22(26)24-20-9-8-18(13-16(20)2)23(27)25-10-6-7-11-25/h8-9,13-14H,4-7,10-12,15H2,1-3H3,(H,24,26). The summed E-state index contributed by atoms with van der Waals surface area (Å²) in [6, 6.07) is 7.27. The van der Waals surface area contributed by atoms with Crippen LogP contribution < -0.4 is 5.32 Å². The molecule has 3 rings (SSSR count). The molecule has 0 radical (unpaired) electrons. The highest BCUT2D eigenvalue weighted by Crippen LogP contribution is 2.24. The molecule has 1 aliphatic heterocycles. The SMILES string of the molecule is CCCCSCc1cc(C(=O)Nc2ccc(C(=O)N3CCCC3)cc2C)oc1C. The molecule has 156 valence electrons. The lowest BCUT2D eigenvalue weighted by Crippen LogP contribution is -2.27. The van der Waals surface area contributed by atoms with Gasteiger partial charge >= 0.3 is 0 Å². The van der Waals surface area contributed by atoms with E-state index in [1.807, 2.05) is 42.6 Å². The van der Waals surface area contributed by atoms with E-state index in [0.717, 1.165) is 54.3 Å². The quantitative estimate of drug-likeness (QED) is 0.586. The molecule has 0 bridgehead atoms. The number of nitrogens with zero attached hydrogens (tertiary/aromatic N) is 1. The number of rotatable bonds is 8. The van der Waals surface area contributed by atoms with Crippen LogP contribution in [0, 0.1) is 13.8 Å². The Kier molecular flexibility index (Phi) is 7.42. The largest absolute Gasteiger partial charge is 0.456 e. The number of aryl methyl sites for hydroxylation is 2. The van der Waals surface area contributed by atoms with Crippen molar-refractivity contribution in [2.75, 3.05) is 24.2 Å². The van der Waals surface area contributed by atoms with Gasteiger partial charge in [-0.25, -0.2) is 0 Å². The molecule has 29 heavy (non-hydrogen) atoms. The molecule has 6 heteroatoms. The van der Waals surface area contributed by atoms with Gasteiger partial charge < -0.3 is 14.6 Å². The van der Waals surface area contributed by atoms with Crippen LogP contribution in [0.15, 0.2) is 28.7 Å². The van der Waals surface area contributed by atoms with Gasteiger partial charge in [-0.2, -0.15) is 11.8 Å². The van der Waals surface area contributed by atoms with Crippen molar-refractivity contribution in [3.8, 4) is 0 Å². The Balaban J connectivity index is 1.63. The zero-order valence-corrected chi connectivity index (χ0v) is 18.4. The van der Waals surface area contributed by atoms with Crippen molar-refractivity contribution in [2.24, 2.45) is 0 Å². The first-order valence-electron chi connectivity index (χ1n) is 10.4. The number of likely N-dealkylation sites (tertiary alicyclic amines) is 1. The lowest BCUT2D eigenvalue weighted by molar-refractivity contribution is 0.0792. The molecule has 1 aliphatic rings. The Morgan fingerprint density at radius 3 is 2.62 bits per heavy atom. The highest BCUT2D eigenvalue weighted by Gasteiger charge is 2.20. The van der Waals surface area contributed by atoms with Crippen LogP contribution in [0.25, 0.3) is 0 Å². The van der Waals surface area contributed by atoms with Crippen LogP contribution in [0.4, 0.5) is 5.69 Å². The van der Waals surface area contributed by atoms with Crippen molar-refractivity contribution < 1.29 is 14.0 Å². The Hall–Kier alpha value is -2.21. The number of hydrogen-bond donors (Lipinski definition) is 1. The summed E-state index contributed by atoms with van der Waals surface area (Å²) in [6.45, 7) is 7.64. The highest BCUT2D eigenvalue weighted by atomic mass is 32.2. The minimum Gasteiger partial charge on any atom is -0.456 e. The molecule has 2 amide bonds. The molecule has 1 aromatic heterocycles. The normalized spacial score (nSPS) is 13.7. The monoisotopic (exact) mass is 414 g/mol. The zero-order valence-electron chi connectivity index (χ0n) is 17.5. The number of benzene rings is 1. The van der Waals surface area contributed by atoms with E-state index in [2.05, 4.69) is 12.2 Å². The predicted molar refractivity (Wildman–Crippen MR) is 119 cm³/mol. The van der Waals surface area contributed by atoms with E-state index in [9.17, 15) is 9.59 Å². The average molecular weight is 415 g/mol.